The van der Waals surface area contributed by atoms with Crippen LogP contribution in [0.5, 0.6) is 0 Å². The van der Waals surface area contributed by atoms with Crippen LogP contribution in [0.2, 0.25) is 0 Å². The predicted octanol–water partition coefficient (Wildman–Crippen LogP) is 2.08. The number of rotatable bonds is 6. The summed E-state index contributed by atoms with van der Waals surface area (Å²) in [5, 5.41) is 6.38. The molecule has 4 rings (SSSR count). The lowest BCUT2D eigenvalue weighted by molar-refractivity contribution is -0.129. The molecule has 2 unspecified atom stereocenters. The van der Waals surface area contributed by atoms with Crippen molar-refractivity contribution < 1.29 is 9.59 Å². The average molecular weight is 443 g/mol. The molecule has 0 aliphatic carbocycles. The maximum Gasteiger partial charge on any atom is 0.225 e. The van der Waals surface area contributed by atoms with Crippen LogP contribution >= 0.6 is 24.8 Å². The van der Waals surface area contributed by atoms with Crippen LogP contribution in [0.3, 0.4) is 0 Å². The second-order valence-corrected chi connectivity index (χ2v) is 8.05. The molecular formula is C21H32Cl2N4O2. The zero-order valence-corrected chi connectivity index (χ0v) is 18.6. The van der Waals surface area contributed by atoms with Crippen molar-refractivity contribution in [3.63, 3.8) is 0 Å². The van der Waals surface area contributed by atoms with Crippen LogP contribution in [-0.2, 0) is 29.2 Å². The standard InChI is InChI=1S/C21H30N4O2.2ClH/c1-2-24-7-3-4-19(24)14-25-13-18(9-20(25)26)21(27)23-10-15-5-6-16-11-22-12-17(16)8-15;;/h5-6,8,18-19,22H,2-4,7,9-14H2,1H3,(H,23,27);2*1H. The number of nitrogens with zero attached hydrogens (tertiary/aromatic N) is 2. The maximum absolute atomic E-state index is 12.6. The van der Waals surface area contributed by atoms with Crippen LogP contribution in [0.4, 0.5) is 0 Å². The molecule has 29 heavy (non-hydrogen) atoms. The molecule has 3 heterocycles. The van der Waals surface area contributed by atoms with Gasteiger partial charge in [0.2, 0.25) is 11.8 Å². The summed E-state index contributed by atoms with van der Waals surface area (Å²) < 4.78 is 0. The number of hydrogen-bond acceptors (Lipinski definition) is 4. The molecule has 2 saturated heterocycles. The van der Waals surface area contributed by atoms with E-state index in [1.165, 1.54) is 17.5 Å². The van der Waals surface area contributed by atoms with E-state index in [1.54, 1.807) is 0 Å². The Morgan fingerprint density at radius 1 is 1.24 bits per heavy atom. The Labute approximate surface area is 185 Å². The highest BCUT2D eigenvalue weighted by Gasteiger charge is 2.36. The van der Waals surface area contributed by atoms with Gasteiger partial charge in [0.25, 0.3) is 0 Å². The van der Waals surface area contributed by atoms with Crippen LogP contribution in [0.1, 0.15) is 42.9 Å². The fourth-order valence-corrected chi connectivity index (χ4v) is 4.69. The van der Waals surface area contributed by atoms with Crippen molar-refractivity contribution in [3.8, 4) is 0 Å². The molecule has 3 aliphatic heterocycles. The number of nitrogens with one attached hydrogen (secondary N) is 2. The fraction of sp³-hybridized carbons (Fsp3) is 0.619. The number of halogens is 2. The summed E-state index contributed by atoms with van der Waals surface area (Å²) in [6.07, 6.45) is 2.71. The molecule has 2 fully saturated rings. The fourth-order valence-electron chi connectivity index (χ4n) is 4.69. The molecular weight excluding hydrogens is 411 g/mol. The Hall–Kier alpha value is -1.34. The molecule has 0 spiro atoms. The van der Waals surface area contributed by atoms with Crippen LogP contribution in [0.15, 0.2) is 18.2 Å². The molecule has 162 valence electrons. The lowest BCUT2D eigenvalue weighted by Crippen LogP contribution is -2.41. The van der Waals surface area contributed by atoms with Crippen molar-refractivity contribution in [3.05, 3.63) is 34.9 Å². The van der Waals surface area contributed by atoms with Crippen molar-refractivity contribution in [1.29, 1.82) is 0 Å². The predicted molar refractivity (Wildman–Crippen MR) is 118 cm³/mol. The molecule has 1 aromatic carbocycles. The van der Waals surface area contributed by atoms with E-state index in [-0.39, 0.29) is 42.5 Å². The molecule has 8 heteroatoms. The molecule has 0 radical (unpaired) electrons. The van der Waals surface area contributed by atoms with Gasteiger partial charge in [-0.2, -0.15) is 0 Å². The summed E-state index contributed by atoms with van der Waals surface area (Å²) in [6.45, 7) is 8.04. The minimum Gasteiger partial charge on any atom is -0.352 e. The van der Waals surface area contributed by atoms with Gasteiger partial charge in [0.05, 0.1) is 5.92 Å². The summed E-state index contributed by atoms with van der Waals surface area (Å²) in [4.78, 5) is 29.3. The number of hydrogen-bond donors (Lipinski definition) is 2. The van der Waals surface area contributed by atoms with E-state index in [4.69, 9.17) is 0 Å². The Balaban J connectivity index is 0.00000150. The van der Waals surface area contributed by atoms with E-state index in [0.717, 1.165) is 44.7 Å². The van der Waals surface area contributed by atoms with E-state index in [0.29, 0.717) is 25.6 Å². The van der Waals surface area contributed by atoms with E-state index in [1.807, 2.05) is 4.90 Å². The van der Waals surface area contributed by atoms with Gasteiger partial charge in [-0.25, -0.2) is 0 Å². The van der Waals surface area contributed by atoms with Crippen LogP contribution < -0.4 is 10.6 Å². The first kappa shape index (κ1) is 23.9. The first-order valence-corrected chi connectivity index (χ1v) is 10.2. The van der Waals surface area contributed by atoms with Gasteiger partial charge in [-0.1, -0.05) is 25.1 Å². The van der Waals surface area contributed by atoms with Gasteiger partial charge < -0.3 is 15.5 Å². The van der Waals surface area contributed by atoms with Crippen LogP contribution in [0.25, 0.3) is 0 Å². The number of benzene rings is 1. The average Bonchev–Trinajstić information content (AvgIpc) is 3.40. The van der Waals surface area contributed by atoms with Gasteiger partial charge in [-0.3, -0.25) is 14.5 Å². The first-order chi connectivity index (χ1) is 13.1. The molecule has 2 atom stereocenters. The summed E-state index contributed by atoms with van der Waals surface area (Å²) >= 11 is 0. The van der Waals surface area contributed by atoms with Gasteiger partial charge in [0, 0.05) is 45.2 Å². The smallest absolute Gasteiger partial charge is 0.225 e. The van der Waals surface area contributed by atoms with Gasteiger partial charge in [-0.05, 0) is 42.6 Å². The zero-order valence-electron chi connectivity index (χ0n) is 17.0. The second-order valence-electron chi connectivity index (χ2n) is 8.05. The van der Waals surface area contributed by atoms with Crippen LogP contribution in [0, 0.1) is 5.92 Å². The minimum atomic E-state index is -0.218. The number of carbonyl (C=O) groups is 2. The van der Waals surface area contributed by atoms with Gasteiger partial charge in [0.15, 0.2) is 0 Å². The Morgan fingerprint density at radius 2 is 2.03 bits per heavy atom. The third kappa shape index (κ3) is 5.43. The molecule has 2 amide bonds. The molecule has 2 N–H and O–H groups in total. The molecule has 3 aliphatic rings. The van der Waals surface area contributed by atoms with Crippen molar-refractivity contribution in [2.75, 3.05) is 26.2 Å². The van der Waals surface area contributed by atoms with Crippen molar-refractivity contribution in [2.24, 2.45) is 5.92 Å². The third-order valence-corrected chi connectivity index (χ3v) is 6.29. The number of amides is 2. The monoisotopic (exact) mass is 442 g/mol. The molecule has 0 bridgehead atoms. The third-order valence-electron chi connectivity index (χ3n) is 6.29. The van der Waals surface area contributed by atoms with Gasteiger partial charge in [0.1, 0.15) is 0 Å². The largest absolute Gasteiger partial charge is 0.352 e. The topological polar surface area (TPSA) is 64.7 Å². The Kier molecular flexibility index (Phi) is 8.76. The zero-order chi connectivity index (χ0) is 18.8. The highest BCUT2D eigenvalue weighted by molar-refractivity contribution is 5.89. The lowest BCUT2D eigenvalue weighted by Gasteiger charge is -2.27. The number of carbonyl (C=O) groups excluding carboxylic acids is 2. The van der Waals surface area contributed by atoms with E-state index in [2.05, 4.69) is 40.7 Å². The summed E-state index contributed by atoms with van der Waals surface area (Å²) in [7, 11) is 0. The molecule has 0 aromatic heterocycles. The highest BCUT2D eigenvalue weighted by atomic mass is 35.5. The molecule has 1 aromatic rings. The summed E-state index contributed by atoms with van der Waals surface area (Å²) in [5.41, 5.74) is 3.78. The summed E-state index contributed by atoms with van der Waals surface area (Å²) in [6, 6.07) is 6.85. The Bertz CT molecular complexity index is 731. The summed E-state index contributed by atoms with van der Waals surface area (Å²) in [5.74, 6) is -0.0879. The van der Waals surface area contributed by atoms with Crippen LogP contribution in [-0.4, -0.2) is 53.8 Å². The quantitative estimate of drug-likeness (QED) is 0.707. The first-order valence-electron chi connectivity index (χ1n) is 10.2. The Morgan fingerprint density at radius 3 is 2.83 bits per heavy atom. The van der Waals surface area contributed by atoms with Crippen molar-refractivity contribution in [1.82, 2.24) is 20.4 Å². The van der Waals surface area contributed by atoms with E-state index in [9.17, 15) is 9.59 Å². The van der Waals surface area contributed by atoms with Crippen molar-refractivity contribution in [2.45, 2.75) is 51.9 Å². The van der Waals surface area contributed by atoms with E-state index >= 15 is 0 Å². The second kappa shape index (κ2) is 10.6. The van der Waals surface area contributed by atoms with E-state index < -0.39 is 0 Å². The lowest BCUT2D eigenvalue weighted by atomic mass is 10.1. The van der Waals surface area contributed by atoms with Gasteiger partial charge >= 0.3 is 0 Å². The molecule has 0 saturated carbocycles. The minimum absolute atomic E-state index is 0. The van der Waals surface area contributed by atoms with Gasteiger partial charge in [-0.15, -0.1) is 24.8 Å². The van der Waals surface area contributed by atoms with Crippen molar-refractivity contribution >= 4 is 36.6 Å². The molecule has 6 nitrogen and oxygen atoms in total. The SMILES string of the molecule is CCN1CCCC1CN1CC(C(=O)NCc2ccc3c(c2)CNC3)CC1=O.Cl.Cl. The maximum atomic E-state index is 12.6. The number of fused-ring (bicyclic) bond motifs is 1. The number of likely N-dealkylation sites (N-methyl/N-ethyl adjacent to an activating group) is 1. The normalized spacial score (nSPS) is 23.5. The highest BCUT2D eigenvalue weighted by Crippen LogP contribution is 2.23. The number of likely N-dealkylation sites (tertiary alicyclic amines) is 2.